The Labute approximate surface area is 118 Å². The second-order valence-electron chi connectivity index (χ2n) is 6.29. The Morgan fingerprint density at radius 3 is 2.11 bits per heavy atom. The summed E-state index contributed by atoms with van der Waals surface area (Å²) in [6.07, 6.45) is 9.85. The molecule has 0 saturated heterocycles. The number of rotatable bonds is 3. The van der Waals surface area contributed by atoms with Gasteiger partial charge in [-0.05, 0) is 55.9 Å². The van der Waals surface area contributed by atoms with Crippen molar-refractivity contribution in [2.45, 2.75) is 78.3 Å². The van der Waals surface area contributed by atoms with E-state index in [1.165, 1.54) is 67.2 Å². The number of nitrogens with one attached hydrogen (secondary N) is 1. The Morgan fingerprint density at radius 1 is 0.842 bits per heavy atom. The van der Waals surface area contributed by atoms with E-state index in [-0.39, 0.29) is 0 Å². The molecular formula is C18H29N. The van der Waals surface area contributed by atoms with Crippen molar-refractivity contribution in [3.63, 3.8) is 0 Å². The summed E-state index contributed by atoms with van der Waals surface area (Å²) in [7, 11) is 0. The lowest BCUT2D eigenvalue weighted by atomic mass is 9.96. The molecule has 0 atom stereocenters. The van der Waals surface area contributed by atoms with Gasteiger partial charge in [0.1, 0.15) is 0 Å². The van der Waals surface area contributed by atoms with Gasteiger partial charge in [0.15, 0.2) is 0 Å². The predicted molar refractivity (Wildman–Crippen MR) is 83.6 cm³/mol. The smallest absolute Gasteiger partial charge is 0.0210 e. The summed E-state index contributed by atoms with van der Waals surface area (Å²) in [5.41, 5.74) is 5.74. The first kappa shape index (κ1) is 14.6. The fourth-order valence-corrected chi connectivity index (χ4v) is 3.13. The van der Waals surface area contributed by atoms with Crippen LogP contribution in [0.25, 0.3) is 0 Å². The zero-order valence-electron chi connectivity index (χ0n) is 12.9. The molecule has 0 spiro atoms. The van der Waals surface area contributed by atoms with Crippen molar-refractivity contribution >= 4 is 0 Å². The average molecular weight is 259 g/mol. The van der Waals surface area contributed by atoms with Gasteiger partial charge in [-0.25, -0.2) is 0 Å². The summed E-state index contributed by atoms with van der Waals surface area (Å²) in [5, 5.41) is 3.79. The zero-order chi connectivity index (χ0) is 13.7. The highest BCUT2D eigenvalue weighted by Gasteiger charge is 2.11. The molecule has 0 radical (unpaired) electrons. The Morgan fingerprint density at radius 2 is 1.42 bits per heavy atom. The normalized spacial score (nSPS) is 18.1. The van der Waals surface area contributed by atoms with Gasteiger partial charge in [-0.1, -0.05) is 44.2 Å². The van der Waals surface area contributed by atoms with Crippen LogP contribution in [0, 0.1) is 20.8 Å². The fraction of sp³-hybridized carbons (Fsp3) is 0.667. The third-order valence-electron chi connectivity index (χ3n) is 4.64. The second kappa shape index (κ2) is 7.09. The van der Waals surface area contributed by atoms with Crippen LogP contribution < -0.4 is 5.32 Å². The van der Waals surface area contributed by atoms with Crippen LogP contribution in [0.2, 0.25) is 0 Å². The molecule has 1 nitrogen and oxygen atoms in total. The maximum Gasteiger partial charge on any atom is 0.0210 e. The van der Waals surface area contributed by atoms with E-state index in [4.69, 9.17) is 0 Å². The van der Waals surface area contributed by atoms with Gasteiger partial charge >= 0.3 is 0 Å². The van der Waals surface area contributed by atoms with Crippen LogP contribution >= 0.6 is 0 Å². The molecule has 0 aromatic heterocycles. The van der Waals surface area contributed by atoms with Crippen molar-refractivity contribution in [2.24, 2.45) is 0 Å². The van der Waals surface area contributed by atoms with E-state index in [0.717, 1.165) is 12.6 Å². The first-order chi connectivity index (χ1) is 9.16. The minimum absolute atomic E-state index is 0.737. The van der Waals surface area contributed by atoms with Gasteiger partial charge in [0.25, 0.3) is 0 Å². The van der Waals surface area contributed by atoms with E-state index in [0.29, 0.717) is 0 Å². The lowest BCUT2D eigenvalue weighted by Crippen LogP contribution is -2.29. The van der Waals surface area contributed by atoms with E-state index < -0.39 is 0 Å². The molecule has 1 aromatic carbocycles. The van der Waals surface area contributed by atoms with E-state index in [1.54, 1.807) is 0 Å². The molecule has 1 N–H and O–H groups in total. The summed E-state index contributed by atoms with van der Waals surface area (Å²) < 4.78 is 0. The summed E-state index contributed by atoms with van der Waals surface area (Å²) >= 11 is 0. The number of hydrogen-bond donors (Lipinski definition) is 1. The third kappa shape index (κ3) is 4.35. The lowest BCUT2D eigenvalue weighted by molar-refractivity contribution is 0.388. The molecule has 106 valence electrons. The molecule has 0 heterocycles. The molecule has 0 bridgehead atoms. The van der Waals surface area contributed by atoms with Gasteiger partial charge in [-0.15, -0.1) is 0 Å². The molecule has 0 unspecified atom stereocenters. The Balaban J connectivity index is 1.92. The molecule has 1 fully saturated rings. The molecule has 1 aromatic rings. The predicted octanol–water partition coefficient (Wildman–Crippen LogP) is 4.81. The van der Waals surface area contributed by atoms with Crippen molar-refractivity contribution in [1.29, 1.82) is 0 Å². The molecule has 1 aliphatic rings. The minimum atomic E-state index is 0.737. The quantitative estimate of drug-likeness (QED) is 0.821. The number of aryl methyl sites for hydroxylation is 3. The molecule has 19 heavy (non-hydrogen) atoms. The summed E-state index contributed by atoms with van der Waals surface area (Å²) in [4.78, 5) is 0. The Bertz CT molecular complexity index is 400. The van der Waals surface area contributed by atoms with Crippen LogP contribution in [0.3, 0.4) is 0 Å². The first-order valence-corrected chi connectivity index (χ1v) is 7.97. The number of hydrogen-bond acceptors (Lipinski definition) is 1. The minimum Gasteiger partial charge on any atom is -0.310 e. The van der Waals surface area contributed by atoms with Crippen molar-refractivity contribution < 1.29 is 0 Å². The highest BCUT2D eigenvalue weighted by atomic mass is 14.9. The van der Waals surface area contributed by atoms with Crippen LogP contribution in [0.1, 0.15) is 67.2 Å². The van der Waals surface area contributed by atoms with E-state index in [9.17, 15) is 0 Å². The largest absolute Gasteiger partial charge is 0.310 e. The van der Waals surface area contributed by atoms with Crippen molar-refractivity contribution in [3.05, 3.63) is 34.4 Å². The van der Waals surface area contributed by atoms with Gasteiger partial charge < -0.3 is 5.32 Å². The van der Waals surface area contributed by atoms with Crippen molar-refractivity contribution in [3.8, 4) is 0 Å². The first-order valence-electron chi connectivity index (χ1n) is 7.97. The summed E-state index contributed by atoms with van der Waals surface area (Å²) in [6, 6.07) is 5.42. The second-order valence-corrected chi connectivity index (χ2v) is 6.29. The summed E-state index contributed by atoms with van der Waals surface area (Å²) in [6.45, 7) is 7.70. The molecule has 2 rings (SSSR count). The van der Waals surface area contributed by atoms with Gasteiger partial charge in [0, 0.05) is 12.6 Å². The van der Waals surface area contributed by atoms with Crippen molar-refractivity contribution in [2.75, 3.05) is 0 Å². The van der Waals surface area contributed by atoms with E-state index >= 15 is 0 Å². The highest BCUT2D eigenvalue weighted by Crippen LogP contribution is 2.19. The fourth-order valence-electron chi connectivity index (χ4n) is 3.13. The zero-order valence-corrected chi connectivity index (χ0v) is 12.9. The van der Waals surface area contributed by atoms with Crippen LogP contribution in [0.15, 0.2) is 12.1 Å². The maximum absolute atomic E-state index is 3.79. The van der Waals surface area contributed by atoms with Crippen LogP contribution in [-0.4, -0.2) is 6.04 Å². The summed E-state index contributed by atoms with van der Waals surface area (Å²) in [5.74, 6) is 0. The van der Waals surface area contributed by atoms with Crippen LogP contribution in [0.5, 0.6) is 0 Å². The van der Waals surface area contributed by atoms with Gasteiger partial charge in [0.2, 0.25) is 0 Å². The van der Waals surface area contributed by atoms with Crippen LogP contribution in [0.4, 0.5) is 0 Å². The molecular weight excluding hydrogens is 230 g/mol. The average Bonchev–Trinajstić information content (AvgIpc) is 2.33. The topological polar surface area (TPSA) is 12.0 Å². The molecule has 0 amide bonds. The SMILES string of the molecule is Cc1cc(C)c(CNC2CCCCCCC2)cc1C. The Hall–Kier alpha value is -0.820. The third-order valence-corrected chi connectivity index (χ3v) is 4.64. The monoisotopic (exact) mass is 259 g/mol. The standard InChI is InChI=1S/C18H29N/c1-14-11-16(3)17(12-15(14)2)13-19-18-9-7-5-4-6-8-10-18/h11-12,18-19H,4-10,13H2,1-3H3. The van der Waals surface area contributed by atoms with E-state index in [2.05, 4.69) is 38.2 Å². The molecule has 1 saturated carbocycles. The molecule has 1 heteroatoms. The maximum atomic E-state index is 3.79. The van der Waals surface area contributed by atoms with Gasteiger partial charge in [-0.3, -0.25) is 0 Å². The highest BCUT2D eigenvalue weighted by molar-refractivity contribution is 5.36. The Kier molecular flexibility index (Phi) is 5.45. The van der Waals surface area contributed by atoms with Crippen LogP contribution in [-0.2, 0) is 6.54 Å². The van der Waals surface area contributed by atoms with Gasteiger partial charge in [-0.2, -0.15) is 0 Å². The molecule has 0 aliphatic heterocycles. The van der Waals surface area contributed by atoms with E-state index in [1.807, 2.05) is 0 Å². The van der Waals surface area contributed by atoms with Crippen molar-refractivity contribution in [1.82, 2.24) is 5.32 Å². The lowest BCUT2D eigenvalue weighted by Gasteiger charge is -2.22. The molecule has 1 aliphatic carbocycles. The number of benzene rings is 1. The van der Waals surface area contributed by atoms with Gasteiger partial charge in [0.05, 0.1) is 0 Å².